The Kier molecular flexibility index (Phi) is 3.49. The molecule has 2 rings (SSSR count). The van der Waals surface area contributed by atoms with Gasteiger partial charge in [-0.2, -0.15) is 0 Å². The molecule has 3 atom stereocenters. The number of ether oxygens (including phenoxy) is 1. The first-order chi connectivity index (χ1) is 8.61. The fourth-order valence-electron chi connectivity index (χ4n) is 3.97. The molecule has 2 aliphatic carbocycles. The number of amidine groups is 1. The smallest absolute Gasteiger partial charge is 0.0963 e. The Morgan fingerprint density at radius 3 is 2.42 bits per heavy atom. The lowest BCUT2D eigenvalue weighted by Gasteiger charge is -2.39. The van der Waals surface area contributed by atoms with Crippen molar-refractivity contribution in [1.29, 1.82) is 5.41 Å². The molecular formula is C16H30N2O. The van der Waals surface area contributed by atoms with Crippen LogP contribution in [-0.2, 0) is 4.74 Å². The van der Waals surface area contributed by atoms with Gasteiger partial charge in [-0.15, -0.1) is 0 Å². The van der Waals surface area contributed by atoms with Crippen LogP contribution in [0.5, 0.6) is 0 Å². The normalized spacial score (nSPS) is 36.7. The molecule has 0 aromatic rings. The molecule has 3 heteroatoms. The summed E-state index contributed by atoms with van der Waals surface area (Å²) in [5.41, 5.74) is 6.12. The first-order valence-electron chi connectivity index (χ1n) is 7.57. The van der Waals surface area contributed by atoms with Crippen LogP contribution in [0.3, 0.4) is 0 Å². The van der Waals surface area contributed by atoms with Gasteiger partial charge in [0.2, 0.25) is 0 Å². The predicted molar refractivity (Wildman–Crippen MR) is 79.3 cm³/mol. The summed E-state index contributed by atoms with van der Waals surface area (Å²) in [5, 5.41) is 7.59. The van der Waals surface area contributed by atoms with E-state index in [0.29, 0.717) is 16.9 Å². The first-order valence-corrected chi connectivity index (χ1v) is 7.57. The van der Waals surface area contributed by atoms with Crippen LogP contribution in [-0.4, -0.2) is 18.5 Å². The summed E-state index contributed by atoms with van der Waals surface area (Å²) in [7, 11) is 0. The van der Waals surface area contributed by atoms with E-state index in [9.17, 15) is 0 Å². The van der Waals surface area contributed by atoms with Crippen molar-refractivity contribution in [3.63, 3.8) is 0 Å². The second-order valence-electron chi connectivity index (χ2n) is 8.02. The second kappa shape index (κ2) is 4.47. The van der Waals surface area contributed by atoms with Crippen molar-refractivity contribution in [3.8, 4) is 0 Å². The van der Waals surface area contributed by atoms with Gasteiger partial charge in [-0.05, 0) is 42.4 Å². The molecule has 0 heterocycles. The van der Waals surface area contributed by atoms with Crippen molar-refractivity contribution in [1.82, 2.24) is 0 Å². The highest BCUT2D eigenvalue weighted by Gasteiger charge is 2.61. The van der Waals surface area contributed by atoms with Gasteiger partial charge in [0.1, 0.15) is 0 Å². The van der Waals surface area contributed by atoms with Crippen LogP contribution in [0.2, 0.25) is 0 Å². The first kappa shape index (κ1) is 14.8. The summed E-state index contributed by atoms with van der Waals surface area (Å²) in [6, 6.07) is 0. The predicted octanol–water partition coefficient (Wildman–Crippen LogP) is 3.57. The van der Waals surface area contributed by atoms with E-state index in [-0.39, 0.29) is 11.3 Å². The molecule has 2 fully saturated rings. The van der Waals surface area contributed by atoms with Gasteiger partial charge in [-0.3, -0.25) is 5.41 Å². The number of hydrogen-bond acceptors (Lipinski definition) is 2. The van der Waals surface area contributed by atoms with Crippen molar-refractivity contribution in [2.45, 2.75) is 66.4 Å². The molecule has 2 aliphatic rings. The van der Waals surface area contributed by atoms with Gasteiger partial charge in [0.15, 0.2) is 0 Å². The van der Waals surface area contributed by atoms with E-state index in [1.165, 1.54) is 19.3 Å². The van der Waals surface area contributed by atoms with E-state index in [0.717, 1.165) is 18.9 Å². The zero-order chi connectivity index (χ0) is 14.5. The maximum absolute atomic E-state index is 7.59. The van der Waals surface area contributed by atoms with Gasteiger partial charge >= 0.3 is 0 Å². The fraction of sp³-hybridized carbons (Fsp3) is 0.938. The molecule has 0 amide bonds. The van der Waals surface area contributed by atoms with Gasteiger partial charge < -0.3 is 10.5 Å². The third kappa shape index (κ3) is 2.20. The summed E-state index contributed by atoms with van der Waals surface area (Å²) in [6.45, 7) is 12.0. The minimum absolute atomic E-state index is 0.242. The van der Waals surface area contributed by atoms with Gasteiger partial charge in [0.05, 0.1) is 11.9 Å². The summed E-state index contributed by atoms with van der Waals surface area (Å²) >= 11 is 0. The zero-order valence-electron chi connectivity index (χ0n) is 13.2. The van der Waals surface area contributed by atoms with Crippen LogP contribution in [0.25, 0.3) is 0 Å². The molecule has 0 aromatic carbocycles. The monoisotopic (exact) mass is 266 g/mol. The molecule has 2 saturated carbocycles. The molecule has 19 heavy (non-hydrogen) atoms. The highest BCUT2D eigenvalue weighted by Crippen LogP contribution is 2.66. The van der Waals surface area contributed by atoms with Crippen molar-refractivity contribution in [3.05, 3.63) is 0 Å². The van der Waals surface area contributed by atoms with Crippen molar-refractivity contribution < 1.29 is 4.74 Å². The Hall–Kier alpha value is -0.570. The number of nitrogens with two attached hydrogens (primary N) is 1. The largest absolute Gasteiger partial charge is 0.387 e. The van der Waals surface area contributed by atoms with Crippen LogP contribution in [0.1, 0.15) is 60.3 Å². The standard InChI is InChI=1S/C16H30N2O/c1-14(2,13(17)18)8-9-19-12-10-11-6-7-16(12,5)15(11,3)4/h11-12H,6-10H2,1-5H3,(H3,17,18). The van der Waals surface area contributed by atoms with Crippen LogP contribution in [0.15, 0.2) is 0 Å². The van der Waals surface area contributed by atoms with E-state index in [1.807, 2.05) is 13.8 Å². The number of hydrogen-bond donors (Lipinski definition) is 2. The van der Waals surface area contributed by atoms with E-state index in [4.69, 9.17) is 15.9 Å². The summed E-state index contributed by atoms with van der Waals surface area (Å²) in [5.74, 6) is 1.08. The Bertz CT molecular complexity index is 375. The van der Waals surface area contributed by atoms with E-state index >= 15 is 0 Å². The minimum Gasteiger partial charge on any atom is -0.387 e. The van der Waals surface area contributed by atoms with Crippen LogP contribution < -0.4 is 5.73 Å². The molecule has 3 N–H and O–H groups in total. The van der Waals surface area contributed by atoms with Gasteiger partial charge in [-0.1, -0.05) is 34.6 Å². The molecule has 2 bridgehead atoms. The van der Waals surface area contributed by atoms with E-state index in [1.54, 1.807) is 0 Å². The molecule has 0 saturated heterocycles. The second-order valence-corrected chi connectivity index (χ2v) is 8.02. The van der Waals surface area contributed by atoms with Crippen LogP contribution in [0.4, 0.5) is 0 Å². The molecule has 3 unspecified atom stereocenters. The lowest BCUT2D eigenvalue weighted by atomic mass is 9.70. The van der Waals surface area contributed by atoms with Crippen LogP contribution in [0, 0.1) is 27.6 Å². The highest BCUT2D eigenvalue weighted by molar-refractivity contribution is 5.82. The highest BCUT2D eigenvalue weighted by atomic mass is 16.5. The van der Waals surface area contributed by atoms with Crippen LogP contribution >= 0.6 is 0 Å². The quantitative estimate of drug-likeness (QED) is 0.590. The molecule has 0 aliphatic heterocycles. The summed E-state index contributed by atoms with van der Waals surface area (Å²) in [6.07, 6.45) is 5.10. The molecule has 0 spiro atoms. The third-order valence-electron chi connectivity index (χ3n) is 6.49. The number of fused-ring (bicyclic) bond motifs is 2. The number of nitrogens with one attached hydrogen (secondary N) is 1. The maximum atomic E-state index is 7.59. The third-order valence-corrected chi connectivity index (χ3v) is 6.49. The average Bonchev–Trinajstić information content (AvgIpc) is 2.61. The SMILES string of the molecule is CC(C)(CCOC1CC2CCC1(C)C2(C)C)C(=N)N. The Labute approximate surface area is 117 Å². The lowest BCUT2D eigenvalue weighted by molar-refractivity contribution is -0.0511. The Morgan fingerprint density at radius 2 is 2.00 bits per heavy atom. The van der Waals surface area contributed by atoms with Gasteiger partial charge in [0, 0.05) is 12.0 Å². The summed E-state index contributed by atoms with van der Waals surface area (Å²) < 4.78 is 6.21. The molecular weight excluding hydrogens is 236 g/mol. The van der Waals surface area contributed by atoms with Gasteiger partial charge in [0.25, 0.3) is 0 Å². The zero-order valence-corrected chi connectivity index (χ0v) is 13.2. The van der Waals surface area contributed by atoms with Crippen molar-refractivity contribution in [2.24, 2.45) is 27.9 Å². The number of rotatable bonds is 5. The Balaban J connectivity index is 1.91. The van der Waals surface area contributed by atoms with Gasteiger partial charge in [-0.25, -0.2) is 0 Å². The fourth-order valence-corrected chi connectivity index (χ4v) is 3.97. The van der Waals surface area contributed by atoms with E-state index < -0.39 is 0 Å². The summed E-state index contributed by atoms with van der Waals surface area (Å²) in [4.78, 5) is 0. The van der Waals surface area contributed by atoms with E-state index in [2.05, 4.69) is 20.8 Å². The molecule has 0 radical (unpaired) electrons. The van der Waals surface area contributed by atoms with Crippen molar-refractivity contribution in [2.75, 3.05) is 6.61 Å². The van der Waals surface area contributed by atoms with Crippen molar-refractivity contribution >= 4 is 5.84 Å². The molecule has 0 aromatic heterocycles. The molecule has 3 nitrogen and oxygen atoms in total. The maximum Gasteiger partial charge on any atom is 0.0963 e. The average molecular weight is 266 g/mol. The Morgan fingerprint density at radius 1 is 1.37 bits per heavy atom. The minimum atomic E-state index is -0.242. The molecule has 110 valence electrons. The lowest BCUT2D eigenvalue weighted by Crippen LogP contribution is -2.38. The topological polar surface area (TPSA) is 59.1 Å².